The average molecular weight is 457 g/mol. The number of pyridine rings is 1. The summed E-state index contributed by atoms with van der Waals surface area (Å²) in [6.07, 6.45) is 1.49. The van der Waals surface area contributed by atoms with E-state index in [0.717, 1.165) is 32.0 Å². The lowest BCUT2D eigenvalue weighted by Gasteiger charge is -2.21. The Balaban J connectivity index is 0.00000288. The Hall–Kier alpha value is -1.26. The van der Waals surface area contributed by atoms with E-state index < -0.39 is 11.7 Å². The van der Waals surface area contributed by atoms with E-state index in [1.54, 1.807) is 0 Å². The molecule has 1 aromatic heterocycles. The second-order valence-electron chi connectivity index (χ2n) is 5.47. The number of rotatable bonds is 4. The van der Waals surface area contributed by atoms with E-state index in [4.69, 9.17) is 5.73 Å². The van der Waals surface area contributed by atoms with Crippen molar-refractivity contribution in [2.75, 3.05) is 31.5 Å². The molecule has 0 amide bonds. The van der Waals surface area contributed by atoms with Gasteiger partial charge in [-0.25, -0.2) is 4.98 Å². The molecule has 0 aliphatic carbocycles. The molecule has 136 valence electrons. The summed E-state index contributed by atoms with van der Waals surface area (Å²) in [7, 11) is 0. The number of nitrogens with one attached hydrogen (secondary N) is 1. The lowest BCUT2D eigenvalue weighted by molar-refractivity contribution is -0.137. The predicted octanol–water partition coefficient (Wildman–Crippen LogP) is 3.32. The van der Waals surface area contributed by atoms with Crippen LogP contribution < -0.4 is 11.1 Å². The van der Waals surface area contributed by atoms with Crippen LogP contribution in [-0.4, -0.2) is 42.0 Å². The number of hydrogen-bond acceptors (Lipinski definition) is 3. The van der Waals surface area contributed by atoms with Gasteiger partial charge in [0.1, 0.15) is 5.82 Å². The third kappa shape index (κ3) is 6.33. The highest BCUT2D eigenvalue weighted by molar-refractivity contribution is 14.0. The van der Waals surface area contributed by atoms with Gasteiger partial charge in [-0.1, -0.05) is 12.8 Å². The zero-order valence-electron chi connectivity index (χ0n) is 13.4. The van der Waals surface area contributed by atoms with E-state index >= 15 is 0 Å². The molecule has 24 heavy (non-hydrogen) atoms. The number of aliphatic imine (C=N–C) groups is 1. The molecule has 5 nitrogen and oxygen atoms in total. The molecule has 0 radical (unpaired) electrons. The number of likely N-dealkylation sites (tertiary alicyclic amines) is 1. The fraction of sp³-hybridized carbons (Fsp3) is 0.600. The van der Waals surface area contributed by atoms with Gasteiger partial charge in [0.2, 0.25) is 0 Å². The van der Waals surface area contributed by atoms with Gasteiger partial charge in [0.05, 0.1) is 12.1 Å². The van der Waals surface area contributed by atoms with Gasteiger partial charge in [0, 0.05) is 25.8 Å². The fourth-order valence-electron chi connectivity index (χ4n) is 2.52. The van der Waals surface area contributed by atoms with E-state index in [-0.39, 0.29) is 36.3 Å². The molecule has 1 aliphatic heterocycles. The summed E-state index contributed by atoms with van der Waals surface area (Å²) in [6.45, 7) is 2.33. The Morgan fingerprint density at radius 1 is 1.25 bits per heavy atom. The van der Waals surface area contributed by atoms with Crippen LogP contribution in [0.15, 0.2) is 23.3 Å². The monoisotopic (exact) mass is 457 g/mol. The van der Waals surface area contributed by atoms with Crippen LogP contribution in [0, 0.1) is 0 Å². The van der Waals surface area contributed by atoms with E-state index in [2.05, 4.69) is 15.3 Å². The lowest BCUT2D eigenvalue weighted by atomic mass is 10.2. The molecule has 0 atom stereocenters. The standard InChI is InChI=1S/C15H22F3N5.HI/c16-15(17,18)12-6-5-7-20-13(12)21-8-9-22-14(19)23-10-3-1-2-4-11-23;/h5-7H,1-4,8-11H2,(H2,19,22)(H,20,21);1H. The number of halogens is 4. The van der Waals surface area contributed by atoms with E-state index in [1.807, 2.05) is 4.90 Å². The molecule has 3 N–H and O–H groups in total. The molecule has 1 saturated heterocycles. The third-order valence-corrected chi connectivity index (χ3v) is 3.72. The molecular weight excluding hydrogens is 434 g/mol. The summed E-state index contributed by atoms with van der Waals surface area (Å²) >= 11 is 0. The summed E-state index contributed by atoms with van der Waals surface area (Å²) in [6, 6.07) is 2.27. The maximum absolute atomic E-state index is 12.8. The SMILES string of the molecule is I.NC(=NCCNc1ncccc1C(F)(F)F)N1CCCCCC1. The van der Waals surface area contributed by atoms with Crippen LogP contribution in [0.4, 0.5) is 19.0 Å². The highest BCUT2D eigenvalue weighted by atomic mass is 127. The number of aromatic nitrogens is 1. The van der Waals surface area contributed by atoms with Crippen LogP contribution in [0.2, 0.25) is 0 Å². The fourth-order valence-corrected chi connectivity index (χ4v) is 2.52. The summed E-state index contributed by atoms with van der Waals surface area (Å²) in [4.78, 5) is 10.0. The number of nitrogens with zero attached hydrogens (tertiary/aromatic N) is 3. The number of hydrogen-bond donors (Lipinski definition) is 2. The first kappa shape index (κ1) is 20.8. The molecule has 0 unspecified atom stereocenters. The van der Waals surface area contributed by atoms with E-state index in [0.29, 0.717) is 12.5 Å². The molecule has 0 bridgehead atoms. The first-order valence-corrected chi connectivity index (χ1v) is 7.79. The Kier molecular flexibility index (Phi) is 8.57. The number of alkyl halides is 3. The lowest BCUT2D eigenvalue weighted by Crippen LogP contribution is -2.38. The Labute approximate surface area is 156 Å². The molecular formula is C15H23F3IN5. The number of anilines is 1. The number of guanidine groups is 1. The molecule has 9 heteroatoms. The normalized spacial score (nSPS) is 16.3. The summed E-state index contributed by atoms with van der Waals surface area (Å²) < 4.78 is 38.5. The van der Waals surface area contributed by atoms with Crippen molar-refractivity contribution in [3.8, 4) is 0 Å². The zero-order valence-corrected chi connectivity index (χ0v) is 15.7. The topological polar surface area (TPSA) is 66.5 Å². The van der Waals surface area contributed by atoms with Crippen molar-refractivity contribution in [3.05, 3.63) is 23.9 Å². The minimum Gasteiger partial charge on any atom is -0.370 e. The van der Waals surface area contributed by atoms with Gasteiger partial charge in [0.25, 0.3) is 0 Å². The first-order valence-electron chi connectivity index (χ1n) is 7.79. The highest BCUT2D eigenvalue weighted by Gasteiger charge is 2.33. The van der Waals surface area contributed by atoms with Crippen molar-refractivity contribution in [2.24, 2.45) is 10.7 Å². The molecule has 0 aromatic carbocycles. The average Bonchev–Trinajstić information content (AvgIpc) is 2.80. The molecule has 1 fully saturated rings. The summed E-state index contributed by atoms with van der Waals surface area (Å²) in [5.41, 5.74) is 5.18. The molecule has 1 aliphatic rings. The van der Waals surface area contributed by atoms with Crippen LogP contribution in [0.25, 0.3) is 0 Å². The van der Waals surface area contributed by atoms with Gasteiger partial charge < -0.3 is 16.0 Å². The minimum absolute atomic E-state index is 0. The van der Waals surface area contributed by atoms with E-state index in [9.17, 15) is 13.2 Å². The quantitative estimate of drug-likeness (QED) is 0.315. The molecule has 0 spiro atoms. The maximum atomic E-state index is 12.8. The second kappa shape index (κ2) is 9.90. The van der Waals surface area contributed by atoms with Crippen molar-refractivity contribution < 1.29 is 13.2 Å². The Bertz CT molecular complexity index is 528. The molecule has 2 rings (SSSR count). The van der Waals surface area contributed by atoms with Crippen LogP contribution in [0.1, 0.15) is 31.2 Å². The van der Waals surface area contributed by atoms with Crippen LogP contribution in [-0.2, 0) is 6.18 Å². The number of nitrogens with two attached hydrogens (primary N) is 1. The highest BCUT2D eigenvalue weighted by Crippen LogP contribution is 2.33. The van der Waals surface area contributed by atoms with Crippen molar-refractivity contribution in [3.63, 3.8) is 0 Å². The van der Waals surface area contributed by atoms with Gasteiger partial charge in [-0.05, 0) is 25.0 Å². The minimum atomic E-state index is -4.43. The van der Waals surface area contributed by atoms with E-state index in [1.165, 1.54) is 25.1 Å². The van der Waals surface area contributed by atoms with Gasteiger partial charge in [0.15, 0.2) is 5.96 Å². The maximum Gasteiger partial charge on any atom is 0.419 e. The largest absolute Gasteiger partial charge is 0.419 e. The summed E-state index contributed by atoms with van der Waals surface area (Å²) in [5.74, 6) is 0.286. The van der Waals surface area contributed by atoms with Gasteiger partial charge >= 0.3 is 6.18 Å². The van der Waals surface area contributed by atoms with Crippen LogP contribution >= 0.6 is 24.0 Å². The van der Waals surface area contributed by atoms with Crippen molar-refractivity contribution in [2.45, 2.75) is 31.9 Å². The molecule has 1 aromatic rings. The smallest absolute Gasteiger partial charge is 0.370 e. The van der Waals surface area contributed by atoms with Gasteiger partial charge in [-0.15, -0.1) is 24.0 Å². The second-order valence-corrected chi connectivity index (χ2v) is 5.47. The Morgan fingerprint density at radius 3 is 2.54 bits per heavy atom. The predicted molar refractivity (Wildman–Crippen MR) is 99.7 cm³/mol. The van der Waals surface area contributed by atoms with Crippen molar-refractivity contribution in [1.82, 2.24) is 9.88 Å². The third-order valence-electron chi connectivity index (χ3n) is 3.72. The van der Waals surface area contributed by atoms with Crippen LogP contribution in [0.3, 0.4) is 0 Å². The van der Waals surface area contributed by atoms with Gasteiger partial charge in [-0.2, -0.15) is 13.2 Å². The van der Waals surface area contributed by atoms with Crippen LogP contribution in [0.5, 0.6) is 0 Å². The van der Waals surface area contributed by atoms with Crippen molar-refractivity contribution >= 4 is 35.8 Å². The van der Waals surface area contributed by atoms with Crippen molar-refractivity contribution in [1.29, 1.82) is 0 Å². The first-order chi connectivity index (χ1) is 11.0. The summed E-state index contributed by atoms with van der Waals surface area (Å²) in [5, 5.41) is 2.68. The van der Waals surface area contributed by atoms with Gasteiger partial charge in [-0.3, -0.25) is 4.99 Å². The molecule has 0 saturated carbocycles. The Morgan fingerprint density at radius 2 is 1.92 bits per heavy atom. The molecule has 2 heterocycles. The zero-order chi connectivity index (χ0) is 16.7.